The number of nitrogens with zero attached hydrogens (tertiary/aromatic N) is 1. The SMILES string of the molecule is Cc1c(OC[C@@H]2COCCO2)c(C2COCCO2)c(=O)n2c1-c1ccccc1CC2. The Labute approximate surface area is 175 Å². The Kier molecular flexibility index (Phi) is 5.60. The molecule has 5 rings (SSSR count). The number of rotatable bonds is 4. The molecule has 0 N–H and O–H groups in total. The van der Waals surface area contributed by atoms with Crippen molar-refractivity contribution in [2.24, 2.45) is 0 Å². The van der Waals surface area contributed by atoms with Gasteiger partial charge in [0.05, 0.1) is 50.9 Å². The molecule has 7 nitrogen and oxygen atoms in total. The van der Waals surface area contributed by atoms with Crippen LogP contribution >= 0.6 is 0 Å². The molecule has 0 aliphatic carbocycles. The molecule has 0 amide bonds. The molecule has 4 heterocycles. The van der Waals surface area contributed by atoms with Crippen molar-refractivity contribution in [3.8, 4) is 17.0 Å². The van der Waals surface area contributed by atoms with E-state index in [2.05, 4.69) is 12.1 Å². The van der Waals surface area contributed by atoms with Crippen LogP contribution in [-0.4, -0.2) is 56.9 Å². The first kappa shape index (κ1) is 19.8. The average molecular weight is 413 g/mol. The van der Waals surface area contributed by atoms with Crippen molar-refractivity contribution in [1.82, 2.24) is 4.57 Å². The van der Waals surface area contributed by atoms with Crippen LogP contribution in [0, 0.1) is 6.92 Å². The molecule has 0 spiro atoms. The molecule has 0 bridgehead atoms. The number of fused-ring (bicyclic) bond motifs is 3. The average Bonchev–Trinajstić information content (AvgIpc) is 2.81. The zero-order chi connectivity index (χ0) is 20.5. The van der Waals surface area contributed by atoms with Gasteiger partial charge in [-0.2, -0.15) is 0 Å². The zero-order valence-corrected chi connectivity index (χ0v) is 17.2. The quantitative estimate of drug-likeness (QED) is 0.766. The van der Waals surface area contributed by atoms with Crippen LogP contribution in [0.1, 0.15) is 22.8 Å². The van der Waals surface area contributed by atoms with Gasteiger partial charge in [0, 0.05) is 17.7 Å². The predicted octanol–water partition coefficient (Wildman–Crippen LogP) is 2.26. The van der Waals surface area contributed by atoms with E-state index in [1.807, 2.05) is 23.6 Å². The molecule has 0 saturated carbocycles. The maximum atomic E-state index is 13.6. The van der Waals surface area contributed by atoms with Crippen LogP contribution in [0.5, 0.6) is 5.75 Å². The molecule has 0 radical (unpaired) electrons. The summed E-state index contributed by atoms with van der Waals surface area (Å²) in [6, 6.07) is 8.26. The molecule has 7 heteroatoms. The van der Waals surface area contributed by atoms with Gasteiger partial charge in [0.15, 0.2) is 0 Å². The smallest absolute Gasteiger partial charge is 0.260 e. The molecule has 2 atom stereocenters. The lowest BCUT2D eigenvalue weighted by Gasteiger charge is -2.31. The second-order valence-electron chi connectivity index (χ2n) is 7.89. The van der Waals surface area contributed by atoms with Crippen molar-refractivity contribution in [3.63, 3.8) is 0 Å². The van der Waals surface area contributed by atoms with Crippen LogP contribution in [0.15, 0.2) is 29.1 Å². The largest absolute Gasteiger partial charge is 0.490 e. The summed E-state index contributed by atoms with van der Waals surface area (Å²) >= 11 is 0. The van der Waals surface area contributed by atoms with Gasteiger partial charge in [-0.05, 0) is 18.9 Å². The molecule has 2 fully saturated rings. The van der Waals surface area contributed by atoms with Crippen LogP contribution in [0.25, 0.3) is 11.3 Å². The maximum Gasteiger partial charge on any atom is 0.260 e. The van der Waals surface area contributed by atoms with Gasteiger partial charge in [-0.25, -0.2) is 0 Å². The number of benzene rings is 1. The second-order valence-corrected chi connectivity index (χ2v) is 7.89. The number of ether oxygens (including phenoxy) is 5. The highest BCUT2D eigenvalue weighted by Crippen LogP contribution is 2.39. The number of aromatic nitrogens is 1. The Balaban J connectivity index is 1.60. The van der Waals surface area contributed by atoms with E-state index in [1.54, 1.807) is 0 Å². The Hall–Kier alpha value is -2.19. The Morgan fingerprint density at radius 1 is 1.07 bits per heavy atom. The molecule has 30 heavy (non-hydrogen) atoms. The summed E-state index contributed by atoms with van der Waals surface area (Å²) in [6.07, 6.45) is 0.247. The van der Waals surface area contributed by atoms with Gasteiger partial charge in [0.1, 0.15) is 24.6 Å². The van der Waals surface area contributed by atoms with Gasteiger partial charge in [0.2, 0.25) is 0 Å². The predicted molar refractivity (Wildman–Crippen MR) is 110 cm³/mol. The van der Waals surface area contributed by atoms with Crippen LogP contribution < -0.4 is 10.3 Å². The van der Waals surface area contributed by atoms with Gasteiger partial charge in [-0.15, -0.1) is 0 Å². The maximum absolute atomic E-state index is 13.6. The van der Waals surface area contributed by atoms with Crippen molar-refractivity contribution < 1.29 is 23.7 Å². The molecule has 1 aromatic heterocycles. The molecule has 3 aliphatic heterocycles. The fraction of sp³-hybridized carbons (Fsp3) is 0.522. The number of hydrogen-bond donors (Lipinski definition) is 0. The van der Waals surface area contributed by atoms with Gasteiger partial charge in [-0.1, -0.05) is 24.3 Å². The fourth-order valence-electron chi connectivity index (χ4n) is 4.55. The van der Waals surface area contributed by atoms with Crippen LogP contribution in [0.3, 0.4) is 0 Å². The van der Waals surface area contributed by atoms with Gasteiger partial charge < -0.3 is 28.3 Å². The third kappa shape index (κ3) is 3.56. The normalized spacial score (nSPS) is 23.5. The fourth-order valence-corrected chi connectivity index (χ4v) is 4.55. The minimum absolute atomic E-state index is 0.0589. The molecular formula is C23H27NO6. The summed E-state index contributed by atoms with van der Waals surface area (Å²) in [7, 11) is 0. The van der Waals surface area contributed by atoms with E-state index in [-0.39, 0.29) is 11.7 Å². The van der Waals surface area contributed by atoms with Crippen molar-refractivity contribution in [2.75, 3.05) is 46.2 Å². The second kappa shape index (κ2) is 8.51. The summed E-state index contributed by atoms with van der Waals surface area (Å²) in [6.45, 7) is 6.00. The van der Waals surface area contributed by atoms with E-state index in [9.17, 15) is 4.79 Å². The molecular weight excluding hydrogens is 386 g/mol. The van der Waals surface area contributed by atoms with E-state index < -0.39 is 6.10 Å². The van der Waals surface area contributed by atoms with E-state index in [1.165, 1.54) is 5.56 Å². The lowest BCUT2D eigenvalue weighted by Crippen LogP contribution is -2.37. The van der Waals surface area contributed by atoms with Crippen LogP contribution in [0.4, 0.5) is 0 Å². The van der Waals surface area contributed by atoms with E-state index in [0.29, 0.717) is 64.1 Å². The third-order valence-electron chi connectivity index (χ3n) is 6.00. The van der Waals surface area contributed by atoms with Gasteiger partial charge in [-0.3, -0.25) is 4.79 Å². The highest BCUT2D eigenvalue weighted by Gasteiger charge is 2.31. The summed E-state index contributed by atoms with van der Waals surface area (Å²) in [4.78, 5) is 13.6. The van der Waals surface area contributed by atoms with Crippen molar-refractivity contribution in [2.45, 2.75) is 32.1 Å². The van der Waals surface area contributed by atoms with Crippen LogP contribution in [-0.2, 0) is 31.9 Å². The molecule has 1 unspecified atom stereocenters. The monoisotopic (exact) mass is 413 g/mol. The molecule has 3 aliphatic rings. The summed E-state index contributed by atoms with van der Waals surface area (Å²) in [5.74, 6) is 0.590. The summed E-state index contributed by atoms with van der Waals surface area (Å²) in [5.41, 5.74) is 4.71. The number of hydrogen-bond acceptors (Lipinski definition) is 6. The zero-order valence-electron chi connectivity index (χ0n) is 17.2. The Morgan fingerprint density at radius 3 is 2.63 bits per heavy atom. The number of aryl methyl sites for hydroxylation is 1. The third-order valence-corrected chi connectivity index (χ3v) is 6.00. The van der Waals surface area contributed by atoms with Crippen molar-refractivity contribution in [1.29, 1.82) is 0 Å². The van der Waals surface area contributed by atoms with E-state index in [0.717, 1.165) is 23.2 Å². The molecule has 2 aromatic rings. The highest BCUT2D eigenvalue weighted by molar-refractivity contribution is 5.72. The molecule has 2 saturated heterocycles. The number of pyridine rings is 1. The minimum Gasteiger partial charge on any atom is -0.490 e. The summed E-state index contributed by atoms with van der Waals surface area (Å²) < 4.78 is 30.9. The van der Waals surface area contributed by atoms with Crippen molar-refractivity contribution >= 4 is 0 Å². The van der Waals surface area contributed by atoms with E-state index in [4.69, 9.17) is 23.7 Å². The first-order valence-electron chi connectivity index (χ1n) is 10.6. The van der Waals surface area contributed by atoms with E-state index >= 15 is 0 Å². The lowest BCUT2D eigenvalue weighted by molar-refractivity contribution is -0.103. The lowest BCUT2D eigenvalue weighted by atomic mass is 9.92. The van der Waals surface area contributed by atoms with Crippen molar-refractivity contribution in [3.05, 3.63) is 51.3 Å². The Morgan fingerprint density at radius 2 is 1.87 bits per heavy atom. The minimum atomic E-state index is -0.432. The first-order chi connectivity index (χ1) is 14.7. The highest BCUT2D eigenvalue weighted by atomic mass is 16.6. The summed E-state index contributed by atoms with van der Waals surface area (Å²) in [5, 5.41) is 0. The van der Waals surface area contributed by atoms with Gasteiger partial charge in [0.25, 0.3) is 5.56 Å². The molecule has 1 aromatic carbocycles. The topological polar surface area (TPSA) is 68.2 Å². The van der Waals surface area contributed by atoms with Gasteiger partial charge >= 0.3 is 0 Å². The van der Waals surface area contributed by atoms with Crippen LogP contribution in [0.2, 0.25) is 0 Å². The first-order valence-corrected chi connectivity index (χ1v) is 10.6. The Bertz CT molecular complexity index is 972. The molecule has 160 valence electrons. The standard InChI is InChI=1S/C23H27NO6/c1-15-21-18-5-3-2-4-16(18)6-7-24(21)23(25)20(19-14-27-9-11-29-19)22(15)30-13-17-12-26-8-10-28-17/h2-5,17,19H,6-14H2,1H3/t17-,19?/m0/s1.